The lowest BCUT2D eigenvalue weighted by Gasteiger charge is -2.09. The molecule has 1 atom stereocenters. The van der Waals surface area contributed by atoms with Gasteiger partial charge in [-0.3, -0.25) is 4.79 Å². The number of rotatable bonds is 5. The first-order chi connectivity index (χ1) is 7.84. The Labute approximate surface area is 104 Å². The molecule has 0 bridgehead atoms. The van der Waals surface area contributed by atoms with Crippen LogP contribution in [-0.2, 0) is 14.8 Å². The molecule has 0 saturated carbocycles. The minimum atomic E-state index is -3.70. The average molecular weight is 275 g/mol. The maximum atomic E-state index is 11.0. The van der Waals surface area contributed by atoms with E-state index < -0.39 is 21.2 Å². The van der Waals surface area contributed by atoms with Crippen LogP contribution in [0.4, 0.5) is 0 Å². The van der Waals surface area contributed by atoms with Crippen LogP contribution in [0.3, 0.4) is 0 Å². The second kappa shape index (κ2) is 5.52. The molecule has 0 saturated heterocycles. The molecule has 0 aliphatic carbocycles. The Morgan fingerprint density at radius 3 is 2.29 bits per heavy atom. The predicted octanol–water partition coefficient (Wildman–Crippen LogP) is 1.29. The summed E-state index contributed by atoms with van der Waals surface area (Å²) in [7, 11) is -3.70. The first kappa shape index (κ1) is 14.0. The van der Waals surface area contributed by atoms with Crippen molar-refractivity contribution in [2.24, 2.45) is 5.14 Å². The molecule has 0 spiro atoms. The normalized spacial score (nSPS) is 13.3. The zero-order chi connectivity index (χ0) is 13.1. The van der Waals surface area contributed by atoms with Crippen LogP contribution in [0, 0.1) is 0 Å². The number of carboxylic acids is 1. The smallest absolute Gasteiger partial charge is 0.316 e. The van der Waals surface area contributed by atoms with Crippen LogP contribution in [-0.4, -0.2) is 24.7 Å². The van der Waals surface area contributed by atoms with Gasteiger partial charge >= 0.3 is 5.97 Å². The number of thioether (sulfide) groups is 1. The predicted molar refractivity (Wildman–Crippen MR) is 65.4 cm³/mol. The fourth-order valence-electron chi connectivity index (χ4n) is 1.18. The molecule has 5 nitrogen and oxygen atoms in total. The van der Waals surface area contributed by atoms with E-state index in [9.17, 15) is 13.2 Å². The van der Waals surface area contributed by atoms with E-state index in [-0.39, 0.29) is 4.90 Å². The van der Waals surface area contributed by atoms with Crippen molar-refractivity contribution >= 4 is 27.8 Å². The molecule has 1 rings (SSSR count). The van der Waals surface area contributed by atoms with Gasteiger partial charge in [-0.15, -0.1) is 11.8 Å². The molecule has 1 aromatic carbocycles. The number of primary sulfonamides is 1. The van der Waals surface area contributed by atoms with Gasteiger partial charge in [0, 0.05) is 4.90 Å². The molecular weight excluding hydrogens is 262 g/mol. The topological polar surface area (TPSA) is 97.5 Å². The first-order valence-corrected chi connectivity index (χ1v) is 7.29. The van der Waals surface area contributed by atoms with Crippen LogP contribution < -0.4 is 5.14 Å². The van der Waals surface area contributed by atoms with Crippen molar-refractivity contribution < 1.29 is 18.3 Å². The number of nitrogens with two attached hydrogens (primary N) is 1. The summed E-state index contributed by atoms with van der Waals surface area (Å²) in [4.78, 5) is 11.5. The van der Waals surface area contributed by atoms with Crippen molar-refractivity contribution in [2.75, 3.05) is 0 Å². The Bertz CT molecular complexity index is 496. The Morgan fingerprint density at radius 1 is 1.41 bits per heavy atom. The molecule has 1 unspecified atom stereocenters. The summed E-state index contributed by atoms with van der Waals surface area (Å²) in [5, 5.41) is 13.3. The van der Waals surface area contributed by atoms with Gasteiger partial charge in [-0.1, -0.05) is 6.92 Å². The number of aliphatic carboxylic acids is 1. The number of sulfonamides is 1. The van der Waals surface area contributed by atoms with E-state index in [1.165, 1.54) is 23.9 Å². The lowest BCUT2D eigenvalue weighted by atomic mass is 10.3. The van der Waals surface area contributed by atoms with Gasteiger partial charge in [0.1, 0.15) is 5.25 Å². The molecule has 0 aromatic heterocycles. The molecule has 94 valence electrons. The third-order valence-corrected chi connectivity index (χ3v) is 4.37. The summed E-state index contributed by atoms with van der Waals surface area (Å²) in [6.07, 6.45) is 0.497. The molecule has 17 heavy (non-hydrogen) atoms. The second-order valence-electron chi connectivity index (χ2n) is 3.37. The average Bonchev–Trinajstić information content (AvgIpc) is 2.25. The van der Waals surface area contributed by atoms with Crippen molar-refractivity contribution in [1.29, 1.82) is 0 Å². The zero-order valence-corrected chi connectivity index (χ0v) is 10.8. The molecular formula is C10H13NO4S2. The summed E-state index contributed by atoms with van der Waals surface area (Å²) >= 11 is 1.18. The van der Waals surface area contributed by atoms with Gasteiger partial charge < -0.3 is 5.11 Å². The summed E-state index contributed by atoms with van der Waals surface area (Å²) < 4.78 is 22.0. The minimum Gasteiger partial charge on any atom is -0.480 e. The standard InChI is InChI=1S/C10H13NO4S2/c1-2-9(10(12)13)16-7-3-5-8(6-4-7)17(11,14)15/h3-6,9H,2H2,1H3,(H,12,13)(H2,11,14,15). The molecule has 0 fully saturated rings. The SMILES string of the molecule is CCC(Sc1ccc(S(N)(=O)=O)cc1)C(=O)O. The van der Waals surface area contributed by atoms with Gasteiger partial charge in [0.25, 0.3) is 0 Å². The third kappa shape index (κ3) is 4.03. The Kier molecular flexibility index (Phi) is 4.55. The molecule has 0 amide bonds. The van der Waals surface area contributed by atoms with E-state index in [0.29, 0.717) is 11.3 Å². The van der Waals surface area contributed by atoms with Crippen molar-refractivity contribution in [1.82, 2.24) is 0 Å². The van der Waals surface area contributed by atoms with E-state index in [1.54, 1.807) is 19.1 Å². The summed E-state index contributed by atoms with van der Waals surface area (Å²) in [5.41, 5.74) is 0. The first-order valence-electron chi connectivity index (χ1n) is 4.87. The van der Waals surface area contributed by atoms with Crippen LogP contribution in [0.2, 0.25) is 0 Å². The molecule has 0 radical (unpaired) electrons. The van der Waals surface area contributed by atoms with Gasteiger partial charge in [-0.25, -0.2) is 13.6 Å². The molecule has 7 heteroatoms. The van der Waals surface area contributed by atoms with Crippen LogP contribution in [0.1, 0.15) is 13.3 Å². The molecule has 0 aliphatic heterocycles. The van der Waals surface area contributed by atoms with E-state index in [4.69, 9.17) is 10.2 Å². The Hall–Kier alpha value is -1.05. The summed E-state index contributed by atoms with van der Waals surface area (Å²) in [5.74, 6) is -0.881. The van der Waals surface area contributed by atoms with E-state index in [1.807, 2.05) is 0 Å². The highest BCUT2D eigenvalue weighted by molar-refractivity contribution is 8.00. The number of hydrogen-bond donors (Lipinski definition) is 2. The molecule has 0 aliphatic rings. The van der Waals surface area contributed by atoms with Crippen LogP contribution in [0.5, 0.6) is 0 Å². The molecule has 3 N–H and O–H groups in total. The van der Waals surface area contributed by atoms with Crippen molar-refractivity contribution in [2.45, 2.75) is 28.4 Å². The second-order valence-corrected chi connectivity index (χ2v) is 6.21. The monoisotopic (exact) mass is 275 g/mol. The third-order valence-electron chi connectivity index (χ3n) is 2.08. The number of carboxylic acid groups (broad SMARTS) is 1. The minimum absolute atomic E-state index is 0.0187. The number of benzene rings is 1. The van der Waals surface area contributed by atoms with Crippen LogP contribution in [0.25, 0.3) is 0 Å². The van der Waals surface area contributed by atoms with Gasteiger partial charge in [-0.2, -0.15) is 0 Å². The largest absolute Gasteiger partial charge is 0.480 e. The molecule has 1 aromatic rings. The highest BCUT2D eigenvalue weighted by atomic mass is 32.2. The van der Waals surface area contributed by atoms with Gasteiger partial charge in [0.15, 0.2) is 0 Å². The molecule has 0 heterocycles. The fourth-order valence-corrected chi connectivity index (χ4v) is 2.59. The maximum absolute atomic E-state index is 11.0. The van der Waals surface area contributed by atoms with Crippen molar-refractivity contribution in [3.63, 3.8) is 0 Å². The Morgan fingerprint density at radius 2 is 1.94 bits per heavy atom. The Balaban J connectivity index is 2.85. The van der Waals surface area contributed by atoms with Crippen molar-refractivity contribution in [3.8, 4) is 0 Å². The number of carbonyl (C=O) groups is 1. The summed E-state index contributed by atoms with van der Waals surface area (Å²) in [6.45, 7) is 1.78. The van der Waals surface area contributed by atoms with Crippen molar-refractivity contribution in [3.05, 3.63) is 24.3 Å². The van der Waals surface area contributed by atoms with E-state index >= 15 is 0 Å². The lowest BCUT2D eigenvalue weighted by molar-refractivity contribution is -0.136. The zero-order valence-electron chi connectivity index (χ0n) is 9.16. The van der Waals surface area contributed by atoms with Crippen LogP contribution in [0.15, 0.2) is 34.1 Å². The van der Waals surface area contributed by atoms with Gasteiger partial charge in [0.05, 0.1) is 4.90 Å². The van der Waals surface area contributed by atoms with Gasteiger partial charge in [-0.05, 0) is 30.7 Å². The fraction of sp³-hybridized carbons (Fsp3) is 0.300. The van der Waals surface area contributed by atoms with E-state index in [0.717, 1.165) is 0 Å². The maximum Gasteiger partial charge on any atom is 0.316 e. The van der Waals surface area contributed by atoms with Gasteiger partial charge in [0.2, 0.25) is 10.0 Å². The lowest BCUT2D eigenvalue weighted by Crippen LogP contribution is -2.15. The van der Waals surface area contributed by atoms with Crippen LogP contribution >= 0.6 is 11.8 Å². The summed E-state index contributed by atoms with van der Waals surface area (Å²) in [6, 6.07) is 5.84. The highest BCUT2D eigenvalue weighted by Crippen LogP contribution is 2.26. The number of hydrogen-bond acceptors (Lipinski definition) is 4. The highest BCUT2D eigenvalue weighted by Gasteiger charge is 2.16. The quantitative estimate of drug-likeness (QED) is 0.789. The van der Waals surface area contributed by atoms with E-state index in [2.05, 4.69) is 0 Å².